The van der Waals surface area contributed by atoms with E-state index < -0.39 is 0 Å². The molecule has 2 nitrogen and oxygen atoms in total. The lowest BCUT2D eigenvalue weighted by molar-refractivity contribution is -0.461. The van der Waals surface area contributed by atoms with E-state index in [1.165, 1.54) is 0 Å². The van der Waals surface area contributed by atoms with Crippen molar-refractivity contribution in [2.45, 2.75) is 0 Å². The van der Waals surface area contributed by atoms with Gasteiger partial charge in [0.05, 0.1) is 0 Å². The van der Waals surface area contributed by atoms with Crippen molar-refractivity contribution >= 4 is 36.7 Å². The molecule has 0 fully saturated rings. The third-order valence-corrected chi connectivity index (χ3v) is 2.15. The standard InChI is InChI=1S/C7H5N2S2/c10-8-5-9(11)7-4-2-1-3-6(7)8/h1-5H/q-1. The minimum absolute atomic E-state index is 0.984. The molecule has 0 atom stereocenters. The van der Waals surface area contributed by atoms with E-state index in [1.807, 2.05) is 24.3 Å². The van der Waals surface area contributed by atoms with Crippen LogP contribution in [0.2, 0.25) is 0 Å². The molecule has 0 saturated carbocycles. The monoisotopic (exact) mass is 181 g/mol. The van der Waals surface area contributed by atoms with Gasteiger partial charge in [-0.15, -0.1) is 0 Å². The number of benzene rings is 1. The summed E-state index contributed by atoms with van der Waals surface area (Å²) in [6, 6.07) is 7.79. The Morgan fingerprint density at radius 1 is 1.27 bits per heavy atom. The number of para-hydroxylation sites is 2. The molecule has 0 amide bonds. The third-order valence-electron chi connectivity index (χ3n) is 1.57. The molecule has 56 valence electrons. The summed E-state index contributed by atoms with van der Waals surface area (Å²) in [6.07, 6.45) is 1.70. The summed E-state index contributed by atoms with van der Waals surface area (Å²) in [5, 5.41) is 0. The summed E-state index contributed by atoms with van der Waals surface area (Å²) < 4.78 is 3.20. The lowest BCUT2D eigenvalue weighted by Gasteiger charge is -1.94. The lowest BCUT2D eigenvalue weighted by atomic mass is 10.3. The topological polar surface area (TPSA) is 8.81 Å². The highest BCUT2D eigenvalue weighted by atomic mass is 32.1. The van der Waals surface area contributed by atoms with Crippen molar-refractivity contribution in [1.82, 2.24) is 3.97 Å². The molecular formula is C7H5N2S2-. The summed E-state index contributed by atoms with van der Waals surface area (Å²) in [6.45, 7) is 0. The Morgan fingerprint density at radius 2 is 2.00 bits per heavy atom. The molecule has 4 heteroatoms. The highest BCUT2D eigenvalue weighted by Crippen LogP contribution is 2.07. The van der Waals surface area contributed by atoms with Crippen molar-refractivity contribution in [2.75, 3.05) is 0 Å². The highest BCUT2D eigenvalue weighted by molar-refractivity contribution is 7.57. The Hall–Kier alpha value is -0.870. The van der Waals surface area contributed by atoms with Crippen LogP contribution in [0.5, 0.6) is 0 Å². The molecule has 2 rings (SSSR count). The van der Waals surface area contributed by atoms with E-state index in [0.717, 1.165) is 11.0 Å². The normalized spacial score (nSPS) is 10.5. The van der Waals surface area contributed by atoms with Gasteiger partial charge in [-0.1, -0.05) is 12.1 Å². The van der Waals surface area contributed by atoms with Crippen LogP contribution in [-0.4, -0.2) is 3.97 Å². The highest BCUT2D eigenvalue weighted by Gasteiger charge is 1.99. The van der Waals surface area contributed by atoms with Gasteiger partial charge in [-0.3, -0.25) is 0 Å². The van der Waals surface area contributed by atoms with Gasteiger partial charge in [-0.25, -0.2) is 0 Å². The zero-order valence-corrected chi connectivity index (χ0v) is 7.23. The summed E-state index contributed by atoms with van der Waals surface area (Å²) in [4.78, 5) is 0. The molecule has 0 spiro atoms. The summed E-state index contributed by atoms with van der Waals surface area (Å²) >= 11 is 10.0. The Balaban J connectivity index is 2.95. The number of hydrogen-bond donors (Lipinski definition) is 0. The van der Waals surface area contributed by atoms with Gasteiger partial charge in [-0.2, -0.15) is 0 Å². The van der Waals surface area contributed by atoms with E-state index in [9.17, 15) is 0 Å². The average molecular weight is 181 g/mol. The van der Waals surface area contributed by atoms with E-state index in [1.54, 1.807) is 14.3 Å². The lowest BCUT2D eigenvalue weighted by Crippen LogP contribution is -2.23. The van der Waals surface area contributed by atoms with E-state index in [2.05, 4.69) is 0 Å². The molecule has 0 aliphatic rings. The van der Waals surface area contributed by atoms with Gasteiger partial charge in [0, 0.05) is 0 Å². The molecule has 2 aromatic rings. The maximum absolute atomic E-state index is 5.00. The van der Waals surface area contributed by atoms with Crippen LogP contribution in [0.3, 0.4) is 0 Å². The maximum Gasteiger partial charge on any atom is 0.209 e. The fourth-order valence-electron chi connectivity index (χ4n) is 1.06. The first-order valence-corrected chi connectivity index (χ1v) is 3.89. The van der Waals surface area contributed by atoms with E-state index in [-0.39, 0.29) is 0 Å². The van der Waals surface area contributed by atoms with Gasteiger partial charge in [0.1, 0.15) is 0 Å². The molecule has 1 aromatic carbocycles. The quantitative estimate of drug-likeness (QED) is 0.433. The van der Waals surface area contributed by atoms with Crippen molar-refractivity contribution in [3.05, 3.63) is 30.6 Å². The number of imidazole rings is 1. The van der Waals surface area contributed by atoms with Gasteiger partial charge in [0.25, 0.3) is 0 Å². The molecule has 0 saturated heterocycles. The second kappa shape index (κ2) is 2.32. The van der Waals surface area contributed by atoms with Crippen molar-refractivity contribution in [2.24, 2.45) is 0 Å². The second-order valence-corrected chi connectivity index (χ2v) is 3.04. The maximum atomic E-state index is 5.00. The van der Waals surface area contributed by atoms with Crippen LogP contribution in [0.25, 0.3) is 11.0 Å². The minimum Gasteiger partial charge on any atom is -0.554 e. The van der Waals surface area contributed by atoms with Crippen molar-refractivity contribution < 1.29 is 3.97 Å². The van der Waals surface area contributed by atoms with Crippen LogP contribution in [0.15, 0.2) is 30.6 Å². The molecule has 0 aliphatic heterocycles. The average Bonchev–Trinajstić information content (AvgIpc) is 2.30. The van der Waals surface area contributed by atoms with E-state index >= 15 is 0 Å². The van der Waals surface area contributed by atoms with Crippen LogP contribution in [0.1, 0.15) is 0 Å². The first-order valence-electron chi connectivity index (χ1n) is 3.16. The Labute approximate surface area is 75.5 Å². The number of hydrogen-bond acceptors (Lipinski definition) is 2. The Morgan fingerprint density at radius 3 is 2.73 bits per heavy atom. The predicted molar refractivity (Wildman–Crippen MR) is 47.7 cm³/mol. The minimum atomic E-state index is 0.984. The number of nitrogens with zero attached hydrogens (tertiary/aromatic N) is 2. The fourth-order valence-corrected chi connectivity index (χ4v) is 1.61. The third kappa shape index (κ3) is 0.948. The first kappa shape index (κ1) is 6.82. The molecule has 0 aliphatic carbocycles. The zero-order chi connectivity index (χ0) is 7.84. The Bertz CT molecular complexity index is 358. The smallest absolute Gasteiger partial charge is 0.209 e. The second-order valence-electron chi connectivity index (χ2n) is 2.26. The summed E-state index contributed by atoms with van der Waals surface area (Å²) in [5.74, 6) is 0. The largest absolute Gasteiger partial charge is 0.554 e. The van der Waals surface area contributed by atoms with Crippen LogP contribution in [-0.2, 0) is 25.6 Å². The van der Waals surface area contributed by atoms with Crippen molar-refractivity contribution in [3.8, 4) is 0 Å². The van der Waals surface area contributed by atoms with Crippen molar-refractivity contribution in [3.63, 3.8) is 0 Å². The number of fused-ring (bicyclic) bond motifs is 1. The molecule has 1 heterocycles. The number of rotatable bonds is 0. The zero-order valence-electron chi connectivity index (χ0n) is 5.60. The molecule has 0 unspecified atom stereocenters. The van der Waals surface area contributed by atoms with Crippen LogP contribution >= 0.6 is 0 Å². The van der Waals surface area contributed by atoms with Gasteiger partial charge >= 0.3 is 0 Å². The fraction of sp³-hybridized carbons (Fsp3) is 0. The predicted octanol–water partition coefficient (Wildman–Crippen LogP) is 0.549. The van der Waals surface area contributed by atoms with E-state index in [4.69, 9.17) is 25.6 Å². The van der Waals surface area contributed by atoms with Gasteiger partial charge in [0.2, 0.25) is 6.33 Å². The molecular weight excluding hydrogens is 176 g/mol. The summed E-state index contributed by atoms with van der Waals surface area (Å²) in [7, 11) is 0. The van der Waals surface area contributed by atoms with Gasteiger partial charge in [0.15, 0.2) is 11.0 Å². The molecule has 0 radical (unpaired) electrons. The van der Waals surface area contributed by atoms with E-state index in [0.29, 0.717) is 0 Å². The summed E-state index contributed by atoms with van der Waals surface area (Å²) in [5.41, 5.74) is 1.97. The molecule has 0 N–H and O–H groups in total. The molecule has 11 heavy (non-hydrogen) atoms. The SMILES string of the molecule is [S-]n1c[n+]([S-])c2ccccc21. The van der Waals surface area contributed by atoms with Gasteiger partial charge < -0.3 is 33.6 Å². The Kier molecular flexibility index (Phi) is 1.44. The number of aromatic nitrogens is 2. The van der Waals surface area contributed by atoms with Crippen LogP contribution in [0.4, 0.5) is 0 Å². The molecule has 0 bridgehead atoms. The van der Waals surface area contributed by atoms with Crippen LogP contribution < -0.4 is 3.97 Å². The first-order chi connectivity index (χ1) is 5.29. The van der Waals surface area contributed by atoms with Crippen molar-refractivity contribution in [1.29, 1.82) is 0 Å². The van der Waals surface area contributed by atoms with Gasteiger partial charge in [-0.05, 0) is 12.1 Å². The van der Waals surface area contributed by atoms with Crippen LogP contribution in [0, 0.1) is 0 Å². The molecule has 1 aromatic heterocycles.